The Morgan fingerprint density at radius 3 is 2.44 bits per heavy atom. The molecular weight excluding hydrogens is 354 g/mol. The van der Waals surface area contributed by atoms with Crippen LogP contribution in [0.2, 0.25) is 0 Å². The molecule has 0 amide bonds. The van der Waals surface area contributed by atoms with Crippen LogP contribution in [0.1, 0.15) is 15.9 Å². The van der Waals surface area contributed by atoms with Crippen LogP contribution in [0.25, 0.3) is 0 Å². The lowest BCUT2D eigenvalue weighted by atomic mass is 10.1. The van der Waals surface area contributed by atoms with Crippen molar-refractivity contribution in [2.75, 3.05) is 25.0 Å². The first-order valence-electron chi connectivity index (χ1n) is 7.31. The second-order valence-electron chi connectivity index (χ2n) is 5.88. The van der Waals surface area contributed by atoms with Gasteiger partial charge in [0.2, 0.25) is 0 Å². The summed E-state index contributed by atoms with van der Waals surface area (Å²) in [4.78, 5) is 12.2. The van der Waals surface area contributed by atoms with Gasteiger partial charge in [-0.05, 0) is 43.7 Å². The van der Waals surface area contributed by atoms with E-state index >= 15 is 0 Å². The minimum absolute atomic E-state index is 0.147. The van der Waals surface area contributed by atoms with Crippen LogP contribution in [-0.2, 0) is 15.5 Å². The number of carbonyl (C=O) groups is 1. The van der Waals surface area contributed by atoms with E-state index in [1.807, 2.05) is 0 Å². The van der Waals surface area contributed by atoms with Gasteiger partial charge in [0.15, 0.2) is 0 Å². The Labute approximate surface area is 143 Å². The molecule has 0 aliphatic carbocycles. The molecule has 134 valence electrons. The second-order valence-corrected chi connectivity index (χ2v) is 9.29. The molecule has 0 atom stereocenters. The molecule has 0 radical (unpaired) electrons. The van der Waals surface area contributed by atoms with E-state index in [9.17, 15) is 22.5 Å². The molecule has 4 nitrogen and oxygen atoms in total. The summed E-state index contributed by atoms with van der Waals surface area (Å²) in [6.07, 6.45) is -4.66. The molecule has 0 unspecified atom stereocenters. The van der Waals surface area contributed by atoms with Crippen molar-refractivity contribution in [3.63, 3.8) is 0 Å². The third-order valence-corrected chi connectivity index (χ3v) is 3.87. The third kappa shape index (κ3) is 5.64. The molecule has 0 fully saturated rings. The highest BCUT2D eigenvalue weighted by Gasteiger charge is 2.30. The minimum Gasteiger partial charge on any atom is -0.454 e. The van der Waals surface area contributed by atoms with Crippen molar-refractivity contribution >= 4 is 24.5 Å². The van der Waals surface area contributed by atoms with Crippen molar-refractivity contribution in [2.45, 2.75) is 6.18 Å². The summed E-state index contributed by atoms with van der Waals surface area (Å²) in [6.45, 7) is 2.99. The van der Waals surface area contributed by atoms with Gasteiger partial charge in [0.1, 0.15) is 13.5 Å². The molecule has 0 saturated carbocycles. The Hall–Kier alpha value is -2.27. The molecule has 25 heavy (non-hydrogen) atoms. The van der Waals surface area contributed by atoms with E-state index in [1.54, 1.807) is 18.2 Å². The number of hydrogen-bond acceptors (Lipinski definition) is 4. The molecule has 2 aromatic carbocycles. The zero-order chi connectivity index (χ0) is 18.7. The van der Waals surface area contributed by atoms with E-state index in [4.69, 9.17) is 4.74 Å². The quantitative estimate of drug-likeness (QED) is 0.581. The van der Waals surface area contributed by atoms with Crippen molar-refractivity contribution in [1.82, 2.24) is 0 Å². The Morgan fingerprint density at radius 1 is 1.12 bits per heavy atom. The van der Waals surface area contributed by atoms with E-state index in [2.05, 4.69) is 5.32 Å². The average molecular weight is 371 g/mol. The maximum Gasteiger partial charge on any atom is 0.416 e. The molecule has 0 saturated heterocycles. The number of halogens is 3. The number of rotatable bonds is 5. The zero-order valence-corrected chi connectivity index (χ0v) is 14.5. The molecule has 8 heteroatoms. The molecule has 0 aliphatic heterocycles. The average Bonchev–Trinajstić information content (AvgIpc) is 2.52. The summed E-state index contributed by atoms with van der Waals surface area (Å²) < 4.78 is 55.1. The molecule has 0 aliphatic rings. The van der Waals surface area contributed by atoms with Crippen LogP contribution in [0.5, 0.6) is 0 Å². The van der Waals surface area contributed by atoms with Crippen LogP contribution in [0.4, 0.5) is 24.5 Å². The first-order valence-corrected chi connectivity index (χ1v) is 10.1. The van der Waals surface area contributed by atoms with Gasteiger partial charge in [-0.3, -0.25) is 0 Å². The Kier molecular flexibility index (Phi) is 5.58. The lowest BCUT2D eigenvalue weighted by Gasteiger charge is -2.14. The summed E-state index contributed by atoms with van der Waals surface area (Å²) in [5, 5.41) is 2.79. The second kappa shape index (κ2) is 7.31. The van der Waals surface area contributed by atoms with Crippen LogP contribution in [0.15, 0.2) is 48.5 Å². The first-order chi connectivity index (χ1) is 11.6. The van der Waals surface area contributed by atoms with Crippen molar-refractivity contribution < 1.29 is 27.3 Å². The molecule has 0 bridgehead atoms. The van der Waals surface area contributed by atoms with Gasteiger partial charge >= 0.3 is 12.1 Å². The van der Waals surface area contributed by atoms with E-state index in [1.165, 1.54) is 31.5 Å². The number of ether oxygens (including phenoxy) is 1. The molecule has 0 heterocycles. The Morgan fingerprint density at radius 2 is 1.80 bits per heavy atom. The lowest BCUT2D eigenvalue weighted by molar-refractivity contribution is -0.137. The van der Waals surface area contributed by atoms with Gasteiger partial charge in [0, 0.05) is 5.69 Å². The predicted octanol–water partition coefficient (Wildman–Crippen LogP) is 5.19. The summed E-state index contributed by atoms with van der Waals surface area (Å²) in [7, 11) is -2.54. The molecular formula is C17H17F3NO3P. The van der Waals surface area contributed by atoms with Gasteiger partial charge in [-0.2, -0.15) is 13.2 Å². The highest BCUT2D eigenvalue weighted by atomic mass is 31.2. The van der Waals surface area contributed by atoms with E-state index in [-0.39, 0.29) is 17.6 Å². The Bertz CT molecular complexity index is 815. The molecule has 1 N–H and O–H groups in total. The maximum atomic E-state index is 12.8. The maximum absolute atomic E-state index is 12.8. The number of anilines is 2. The highest BCUT2D eigenvalue weighted by Crippen LogP contribution is 2.36. The summed E-state index contributed by atoms with van der Waals surface area (Å²) in [6, 6.07) is 10.9. The van der Waals surface area contributed by atoms with E-state index in [0.717, 1.165) is 12.1 Å². The van der Waals surface area contributed by atoms with Crippen molar-refractivity contribution in [2.24, 2.45) is 0 Å². The number of para-hydroxylation sites is 1. The summed E-state index contributed by atoms with van der Waals surface area (Å²) in [5.41, 5.74) is -0.163. The third-order valence-electron chi connectivity index (χ3n) is 3.12. The van der Waals surface area contributed by atoms with Crippen LogP contribution in [-0.4, -0.2) is 25.6 Å². The van der Waals surface area contributed by atoms with E-state index < -0.39 is 24.9 Å². The molecule has 0 aromatic heterocycles. The van der Waals surface area contributed by atoms with Crippen LogP contribution >= 0.6 is 7.14 Å². The minimum atomic E-state index is -4.46. The van der Waals surface area contributed by atoms with Crippen molar-refractivity contribution in [3.05, 3.63) is 59.7 Å². The number of nitrogens with one attached hydrogen (secondary N) is 1. The number of carbonyl (C=O) groups excluding carboxylic acids is 1. The van der Waals surface area contributed by atoms with Crippen LogP contribution < -0.4 is 5.32 Å². The SMILES string of the molecule is CP(C)(=O)COC(=O)c1ccccc1Nc1cccc(C(F)(F)F)c1. The fraction of sp³-hybridized carbons (Fsp3) is 0.235. The van der Waals surface area contributed by atoms with Gasteiger partial charge < -0.3 is 14.6 Å². The molecule has 2 aromatic rings. The smallest absolute Gasteiger partial charge is 0.416 e. The number of benzene rings is 2. The van der Waals surface area contributed by atoms with Gasteiger partial charge in [0.25, 0.3) is 0 Å². The summed E-state index contributed by atoms with van der Waals surface area (Å²) >= 11 is 0. The number of hydrogen-bond donors (Lipinski definition) is 1. The summed E-state index contributed by atoms with van der Waals surface area (Å²) in [5.74, 6) is -0.695. The topological polar surface area (TPSA) is 55.4 Å². The van der Waals surface area contributed by atoms with Crippen molar-refractivity contribution in [3.8, 4) is 0 Å². The predicted molar refractivity (Wildman–Crippen MR) is 90.9 cm³/mol. The Balaban J connectivity index is 2.24. The first kappa shape index (κ1) is 19.1. The van der Waals surface area contributed by atoms with Gasteiger partial charge in [-0.1, -0.05) is 18.2 Å². The normalized spacial score (nSPS) is 11.9. The molecule has 2 rings (SSSR count). The lowest BCUT2D eigenvalue weighted by Crippen LogP contribution is -2.09. The highest BCUT2D eigenvalue weighted by molar-refractivity contribution is 7.62. The van der Waals surface area contributed by atoms with Crippen LogP contribution in [0, 0.1) is 0 Å². The van der Waals surface area contributed by atoms with Crippen molar-refractivity contribution in [1.29, 1.82) is 0 Å². The van der Waals surface area contributed by atoms with Gasteiger partial charge in [-0.15, -0.1) is 0 Å². The number of esters is 1. The van der Waals surface area contributed by atoms with Gasteiger partial charge in [-0.25, -0.2) is 4.79 Å². The largest absolute Gasteiger partial charge is 0.454 e. The monoisotopic (exact) mass is 371 g/mol. The van der Waals surface area contributed by atoms with Crippen LogP contribution in [0.3, 0.4) is 0 Å². The van der Waals surface area contributed by atoms with E-state index in [0.29, 0.717) is 5.69 Å². The zero-order valence-electron chi connectivity index (χ0n) is 13.6. The molecule has 0 spiro atoms. The van der Waals surface area contributed by atoms with Gasteiger partial charge in [0.05, 0.1) is 16.8 Å². The fourth-order valence-electron chi connectivity index (χ4n) is 1.99. The standard InChI is InChI=1S/C17H17F3NO3P/c1-25(2,23)11-24-16(22)14-8-3-4-9-15(14)21-13-7-5-6-12(10-13)17(18,19)20/h3-10,21H,11H2,1-2H3. The number of alkyl halides is 3. The fourth-order valence-corrected chi connectivity index (χ4v) is 2.42.